The van der Waals surface area contributed by atoms with Crippen molar-refractivity contribution < 1.29 is 34.4 Å². The van der Waals surface area contributed by atoms with Crippen LogP contribution in [-0.2, 0) is 13.4 Å². The van der Waals surface area contributed by atoms with Crippen LogP contribution < -0.4 is 0 Å². The van der Waals surface area contributed by atoms with Crippen molar-refractivity contribution in [2.24, 2.45) is 0 Å². The SMILES string of the molecule is O=P(O)(O)OP(=O)(O)O.P.P.P.[H+]. The highest BCUT2D eigenvalue weighted by Gasteiger charge is 2.27. The van der Waals surface area contributed by atoms with Crippen molar-refractivity contribution in [3.8, 4) is 0 Å². The molecule has 0 aromatic carbocycles. The van der Waals surface area contributed by atoms with Crippen molar-refractivity contribution >= 4 is 45.3 Å². The molecule has 3 atom stereocenters. The van der Waals surface area contributed by atoms with Crippen molar-refractivity contribution in [3.63, 3.8) is 0 Å². The molecule has 0 aliphatic rings. The first-order valence-electron chi connectivity index (χ1n) is 1.53. The second-order valence-electron chi connectivity index (χ2n) is 1.06. The fourth-order valence-corrected chi connectivity index (χ4v) is 1.25. The predicted molar refractivity (Wildman–Crippen MR) is 59.6 cm³/mol. The van der Waals surface area contributed by atoms with E-state index in [1.54, 1.807) is 0 Å². The van der Waals surface area contributed by atoms with E-state index in [4.69, 9.17) is 19.6 Å². The summed E-state index contributed by atoms with van der Waals surface area (Å²) in [4.78, 5) is 31.0. The maximum atomic E-state index is 9.63. The van der Waals surface area contributed by atoms with E-state index in [2.05, 4.69) is 4.31 Å². The third-order valence-electron chi connectivity index (χ3n) is 0.213. The molecule has 80 valence electrons. The van der Waals surface area contributed by atoms with Crippen molar-refractivity contribution in [1.82, 2.24) is 0 Å². The Morgan fingerprint density at radius 3 is 1.00 bits per heavy atom. The van der Waals surface area contributed by atoms with Gasteiger partial charge in [0.2, 0.25) is 0 Å². The lowest BCUT2D eigenvalue weighted by Gasteiger charge is -2.03. The maximum Gasteiger partial charge on any atom is 1.00 e. The molecule has 0 saturated heterocycles. The zero-order valence-electron chi connectivity index (χ0n) is 7.03. The lowest BCUT2D eigenvalue weighted by Crippen LogP contribution is -1.84. The Bertz CT molecular complexity index is 157. The van der Waals surface area contributed by atoms with E-state index in [-0.39, 0.29) is 31.1 Å². The molecule has 0 radical (unpaired) electrons. The fourth-order valence-electron chi connectivity index (χ4n) is 0.139. The monoisotopic (exact) mass is 281 g/mol. The van der Waals surface area contributed by atoms with Crippen LogP contribution in [0.3, 0.4) is 0 Å². The molecule has 0 amide bonds. The normalized spacial score (nSPS) is 10.3. The topological polar surface area (TPSA) is 124 Å². The second kappa shape index (κ2) is 7.91. The van der Waals surface area contributed by atoms with Crippen LogP contribution in [0.25, 0.3) is 0 Å². The molecule has 12 heavy (non-hydrogen) atoms. The van der Waals surface area contributed by atoms with Gasteiger partial charge in [0.05, 0.1) is 0 Å². The average molecular weight is 281 g/mol. The van der Waals surface area contributed by atoms with Crippen molar-refractivity contribution in [2.75, 3.05) is 0 Å². The van der Waals surface area contributed by atoms with Gasteiger partial charge in [-0.2, -0.15) is 34.0 Å². The zero-order valence-corrected chi connectivity index (χ0v) is 12.1. The van der Waals surface area contributed by atoms with Gasteiger partial charge in [0.25, 0.3) is 0 Å². The van der Waals surface area contributed by atoms with E-state index in [1.165, 1.54) is 0 Å². The minimum Gasteiger partial charge on any atom is -0.302 e. The molecule has 0 fully saturated rings. The summed E-state index contributed by atoms with van der Waals surface area (Å²) in [5, 5.41) is 0. The number of hydrogen-bond acceptors (Lipinski definition) is 3. The van der Waals surface area contributed by atoms with E-state index in [0.29, 0.717) is 0 Å². The molecule has 0 bridgehead atoms. The van der Waals surface area contributed by atoms with Gasteiger partial charge in [-0.1, -0.05) is 0 Å². The molecule has 4 N–H and O–H groups in total. The highest BCUT2D eigenvalue weighted by atomic mass is 31.3. The molecule has 0 aliphatic heterocycles. The summed E-state index contributed by atoms with van der Waals surface area (Å²) in [6.45, 7) is 0. The Labute approximate surface area is 80.5 Å². The van der Waals surface area contributed by atoms with Crippen LogP contribution in [0.15, 0.2) is 0 Å². The second-order valence-corrected chi connectivity index (χ2v) is 3.68. The van der Waals surface area contributed by atoms with Gasteiger partial charge < -0.3 is 19.6 Å². The minimum absolute atomic E-state index is 0. The molecule has 0 aromatic heterocycles. The summed E-state index contributed by atoms with van der Waals surface area (Å²) in [5.41, 5.74) is 0. The van der Waals surface area contributed by atoms with Crippen LogP contribution in [-0.4, -0.2) is 19.6 Å². The third-order valence-corrected chi connectivity index (χ3v) is 1.91. The van der Waals surface area contributed by atoms with Crippen LogP contribution in [0.1, 0.15) is 1.43 Å². The van der Waals surface area contributed by atoms with Crippen LogP contribution >= 0.6 is 45.3 Å². The minimum atomic E-state index is -5.05. The highest BCUT2D eigenvalue weighted by molar-refractivity contribution is 7.60. The summed E-state index contributed by atoms with van der Waals surface area (Å²) in [5.74, 6) is 0. The molecule has 3 unspecified atom stereocenters. The predicted octanol–water partition coefficient (Wildman–Crippen LogP) is -0.525. The first-order chi connectivity index (χ1) is 3.71. The average Bonchev–Trinajstić information content (AvgIpc) is 1.14. The molecule has 0 heterocycles. The Kier molecular flexibility index (Phi) is 15.4. The van der Waals surface area contributed by atoms with Crippen molar-refractivity contribution in [3.05, 3.63) is 0 Å². The van der Waals surface area contributed by atoms with Gasteiger partial charge in [0.15, 0.2) is 0 Å². The lowest BCUT2D eigenvalue weighted by atomic mass is 15.7. The maximum absolute atomic E-state index is 9.63. The molecule has 0 aliphatic carbocycles. The number of rotatable bonds is 2. The van der Waals surface area contributed by atoms with Crippen LogP contribution in [0, 0.1) is 0 Å². The quantitative estimate of drug-likeness (QED) is 0.502. The largest absolute Gasteiger partial charge is 1.00 e. The molecule has 0 rings (SSSR count). The fraction of sp³-hybridized carbons (Fsp3) is 0. The van der Waals surface area contributed by atoms with Gasteiger partial charge >= 0.3 is 17.1 Å². The molecule has 7 nitrogen and oxygen atoms in total. The van der Waals surface area contributed by atoms with Crippen molar-refractivity contribution in [2.45, 2.75) is 0 Å². The summed E-state index contributed by atoms with van der Waals surface area (Å²) in [7, 11) is -10.1. The third kappa shape index (κ3) is 22.6. The summed E-state index contributed by atoms with van der Waals surface area (Å²) in [6.07, 6.45) is 0. The molecular weight excluding hydrogens is 267 g/mol. The van der Waals surface area contributed by atoms with Gasteiger partial charge in [-0.15, -0.1) is 0 Å². The zero-order chi connectivity index (χ0) is 7.71. The first-order valence-corrected chi connectivity index (χ1v) is 4.59. The van der Waals surface area contributed by atoms with Gasteiger partial charge in [0.1, 0.15) is 0 Å². The Morgan fingerprint density at radius 2 is 1.00 bits per heavy atom. The number of hydrogen-bond donors (Lipinski definition) is 4. The molecule has 0 saturated carbocycles. The van der Waals surface area contributed by atoms with Crippen LogP contribution in [0.2, 0.25) is 0 Å². The summed E-state index contributed by atoms with van der Waals surface area (Å²) in [6, 6.07) is 0. The van der Waals surface area contributed by atoms with Crippen LogP contribution in [0.5, 0.6) is 0 Å². The molecule has 12 heteroatoms. The van der Waals surface area contributed by atoms with E-state index in [0.717, 1.165) is 0 Å². The Morgan fingerprint density at radius 1 is 0.833 bits per heavy atom. The smallest absolute Gasteiger partial charge is 0.302 e. The van der Waals surface area contributed by atoms with Gasteiger partial charge in [0, 0.05) is 0 Å². The molecule has 0 aromatic rings. The summed E-state index contributed by atoms with van der Waals surface area (Å²) < 4.78 is 22.2. The van der Waals surface area contributed by atoms with E-state index < -0.39 is 15.6 Å². The lowest BCUT2D eigenvalue weighted by molar-refractivity contribution is 0.225. The molecular formula is H14O7P5+. The van der Waals surface area contributed by atoms with Gasteiger partial charge in [-0.3, -0.25) is 0 Å². The standard InChI is InChI=1S/H4O7P2.3H3P/c1-8(2,3)7-9(4,5)6;;;/h(H2,1,2,3)(H2,4,5,6);3*1H3/p+1. The van der Waals surface area contributed by atoms with E-state index in [1.807, 2.05) is 0 Å². The van der Waals surface area contributed by atoms with Gasteiger partial charge in [-0.25, -0.2) is 9.13 Å². The Balaban J connectivity index is -0.0000000533. The molecule has 0 spiro atoms. The van der Waals surface area contributed by atoms with Crippen molar-refractivity contribution in [1.29, 1.82) is 0 Å². The van der Waals surface area contributed by atoms with E-state index >= 15 is 0 Å². The Hall–Kier alpha value is 1.55. The van der Waals surface area contributed by atoms with E-state index in [9.17, 15) is 9.13 Å². The first kappa shape index (κ1) is 23.4. The van der Waals surface area contributed by atoms with Crippen LogP contribution in [0.4, 0.5) is 0 Å². The summed E-state index contributed by atoms with van der Waals surface area (Å²) >= 11 is 0. The van der Waals surface area contributed by atoms with Gasteiger partial charge in [-0.05, 0) is 0 Å². The highest BCUT2D eigenvalue weighted by Crippen LogP contribution is 2.53. The number of phosphoric acid groups is 2.